The van der Waals surface area contributed by atoms with Crippen LogP contribution in [0.2, 0.25) is 10.0 Å². The molecule has 0 unspecified atom stereocenters. The normalized spacial score (nSPS) is 10.8. The van der Waals surface area contributed by atoms with Crippen molar-refractivity contribution >= 4 is 46.6 Å². The molecule has 124 valence electrons. The average Bonchev–Trinajstić information content (AvgIpc) is 3.18. The van der Waals surface area contributed by atoms with Crippen LogP contribution in [0.3, 0.4) is 0 Å². The average molecular weight is 382 g/mol. The zero-order chi connectivity index (χ0) is 17.1. The van der Waals surface area contributed by atoms with Crippen LogP contribution in [0, 0.1) is 6.92 Å². The van der Waals surface area contributed by atoms with Gasteiger partial charge in [0, 0.05) is 17.4 Å². The number of nitrogens with zero attached hydrogens (tertiary/aromatic N) is 4. The fourth-order valence-corrected chi connectivity index (χ4v) is 3.18. The van der Waals surface area contributed by atoms with E-state index in [1.54, 1.807) is 18.2 Å². The monoisotopic (exact) mass is 381 g/mol. The van der Waals surface area contributed by atoms with Crippen LogP contribution < -0.4 is 5.32 Å². The molecule has 2 aromatic heterocycles. The predicted molar refractivity (Wildman–Crippen MR) is 95.8 cm³/mol. The summed E-state index contributed by atoms with van der Waals surface area (Å²) < 4.78 is 3.67. The highest BCUT2D eigenvalue weighted by atomic mass is 35.5. The quantitative estimate of drug-likeness (QED) is 0.683. The van der Waals surface area contributed by atoms with Crippen LogP contribution in [-0.2, 0) is 4.79 Å². The topological polar surface area (TPSA) is 64.7 Å². The maximum Gasteiger partial charge on any atom is 0.234 e. The first kappa shape index (κ1) is 16.9. The molecule has 0 atom stereocenters. The highest BCUT2D eigenvalue weighted by Gasteiger charge is 2.13. The van der Waals surface area contributed by atoms with Gasteiger partial charge in [-0.05, 0) is 37.3 Å². The van der Waals surface area contributed by atoms with E-state index in [1.165, 1.54) is 11.8 Å². The summed E-state index contributed by atoms with van der Waals surface area (Å²) in [5, 5.41) is 12.5. The third kappa shape index (κ3) is 3.75. The molecule has 2 heterocycles. The van der Waals surface area contributed by atoms with Gasteiger partial charge in [0.05, 0.1) is 16.5 Å². The fourth-order valence-electron chi connectivity index (χ4n) is 2.06. The standard InChI is InChI=1S/C15H13Cl2N5OS/c1-10-19-20-15(22(10)21-6-2-3-7-21)24-9-14(23)18-13-8-11(16)4-5-12(13)17/h2-8H,9H2,1H3,(H,18,23). The van der Waals surface area contributed by atoms with Crippen LogP contribution in [0.25, 0.3) is 0 Å². The van der Waals surface area contributed by atoms with Crippen molar-refractivity contribution in [2.45, 2.75) is 12.1 Å². The molecule has 0 aliphatic carbocycles. The van der Waals surface area contributed by atoms with Crippen LogP contribution in [0.5, 0.6) is 0 Å². The minimum atomic E-state index is -0.205. The van der Waals surface area contributed by atoms with Crippen LogP contribution in [0.1, 0.15) is 5.82 Å². The van der Waals surface area contributed by atoms with E-state index in [1.807, 2.05) is 40.8 Å². The molecule has 1 amide bonds. The van der Waals surface area contributed by atoms with Gasteiger partial charge in [0.2, 0.25) is 11.1 Å². The van der Waals surface area contributed by atoms with E-state index in [4.69, 9.17) is 23.2 Å². The molecular formula is C15H13Cl2N5OS. The molecule has 0 aliphatic rings. The van der Waals surface area contributed by atoms with Gasteiger partial charge in [-0.25, -0.2) is 4.68 Å². The minimum absolute atomic E-state index is 0.169. The third-order valence-electron chi connectivity index (χ3n) is 3.12. The molecule has 24 heavy (non-hydrogen) atoms. The number of carbonyl (C=O) groups is 1. The number of carbonyl (C=O) groups excluding carboxylic acids is 1. The molecule has 0 saturated carbocycles. The Kier molecular flexibility index (Phi) is 5.13. The second-order valence-electron chi connectivity index (χ2n) is 4.87. The summed E-state index contributed by atoms with van der Waals surface area (Å²) in [6.45, 7) is 1.85. The number of aryl methyl sites for hydroxylation is 1. The van der Waals surface area contributed by atoms with E-state index in [0.29, 0.717) is 20.9 Å². The van der Waals surface area contributed by atoms with Gasteiger partial charge in [0.1, 0.15) is 0 Å². The summed E-state index contributed by atoms with van der Waals surface area (Å²) in [5.74, 6) is 0.693. The number of anilines is 1. The Balaban J connectivity index is 1.68. The Bertz CT molecular complexity index is 863. The summed E-state index contributed by atoms with van der Waals surface area (Å²) in [7, 11) is 0. The lowest BCUT2D eigenvalue weighted by atomic mass is 10.3. The lowest BCUT2D eigenvalue weighted by Crippen LogP contribution is -2.16. The number of aromatic nitrogens is 4. The Morgan fingerprint density at radius 2 is 2.00 bits per heavy atom. The van der Waals surface area contributed by atoms with Gasteiger partial charge in [-0.1, -0.05) is 35.0 Å². The van der Waals surface area contributed by atoms with Crippen molar-refractivity contribution in [2.24, 2.45) is 0 Å². The van der Waals surface area contributed by atoms with Gasteiger partial charge in [-0.15, -0.1) is 10.2 Å². The minimum Gasteiger partial charge on any atom is -0.324 e. The molecule has 0 fully saturated rings. The second kappa shape index (κ2) is 7.29. The molecule has 6 nitrogen and oxygen atoms in total. The van der Waals surface area contributed by atoms with Crippen molar-refractivity contribution in [2.75, 3.05) is 11.1 Å². The number of hydrogen-bond acceptors (Lipinski definition) is 4. The lowest BCUT2D eigenvalue weighted by molar-refractivity contribution is -0.113. The van der Waals surface area contributed by atoms with Gasteiger partial charge in [0.25, 0.3) is 0 Å². The molecule has 0 bridgehead atoms. The number of benzene rings is 1. The van der Waals surface area contributed by atoms with Crippen molar-refractivity contribution in [3.63, 3.8) is 0 Å². The van der Waals surface area contributed by atoms with Crippen LogP contribution in [0.4, 0.5) is 5.69 Å². The molecule has 1 aromatic carbocycles. The highest BCUT2D eigenvalue weighted by molar-refractivity contribution is 7.99. The van der Waals surface area contributed by atoms with Crippen molar-refractivity contribution in [3.05, 3.63) is 58.6 Å². The highest BCUT2D eigenvalue weighted by Crippen LogP contribution is 2.26. The largest absolute Gasteiger partial charge is 0.324 e. The first-order valence-corrected chi connectivity index (χ1v) is 8.72. The van der Waals surface area contributed by atoms with E-state index in [2.05, 4.69) is 15.5 Å². The number of halogens is 2. The van der Waals surface area contributed by atoms with Crippen LogP contribution >= 0.6 is 35.0 Å². The number of thioether (sulfide) groups is 1. The van der Waals surface area contributed by atoms with Gasteiger partial charge >= 0.3 is 0 Å². The molecule has 0 radical (unpaired) electrons. The summed E-state index contributed by atoms with van der Waals surface area (Å²) in [5.41, 5.74) is 0.484. The Labute approximate surface area is 152 Å². The molecule has 0 saturated heterocycles. The first-order chi connectivity index (χ1) is 11.5. The van der Waals surface area contributed by atoms with E-state index in [9.17, 15) is 4.79 Å². The second-order valence-corrected chi connectivity index (χ2v) is 6.65. The Hall–Kier alpha value is -1.96. The summed E-state index contributed by atoms with van der Waals surface area (Å²) >= 11 is 13.2. The van der Waals surface area contributed by atoms with Gasteiger partial charge in [-0.2, -0.15) is 0 Å². The Morgan fingerprint density at radius 3 is 2.75 bits per heavy atom. The summed E-state index contributed by atoms with van der Waals surface area (Å²) in [6.07, 6.45) is 3.76. The van der Waals surface area contributed by atoms with E-state index < -0.39 is 0 Å². The fraction of sp³-hybridized carbons (Fsp3) is 0.133. The van der Waals surface area contributed by atoms with Gasteiger partial charge in [0.15, 0.2) is 5.82 Å². The van der Waals surface area contributed by atoms with Crippen molar-refractivity contribution in [3.8, 4) is 0 Å². The van der Waals surface area contributed by atoms with E-state index in [0.717, 1.165) is 5.82 Å². The number of amides is 1. The zero-order valence-corrected chi connectivity index (χ0v) is 14.9. The molecule has 9 heteroatoms. The van der Waals surface area contributed by atoms with E-state index in [-0.39, 0.29) is 11.7 Å². The molecule has 0 spiro atoms. The number of nitrogens with one attached hydrogen (secondary N) is 1. The van der Waals surface area contributed by atoms with Gasteiger partial charge in [-0.3, -0.25) is 9.47 Å². The van der Waals surface area contributed by atoms with Crippen molar-refractivity contribution in [1.82, 2.24) is 19.5 Å². The maximum absolute atomic E-state index is 12.2. The van der Waals surface area contributed by atoms with Gasteiger partial charge < -0.3 is 5.32 Å². The molecule has 3 aromatic rings. The summed E-state index contributed by atoms with van der Waals surface area (Å²) in [6, 6.07) is 8.72. The zero-order valence-electron chi connectivity index (χ0n) is 12.6. The first-order valence-electron chi connectivity index (χ1n) is 6.98. The van der Waals surface area contributed by atoms with Crippen molar-refractivity contribution < 1.29 is 4.79 Å². The molecular weight excluding hydrogens is 369 g/mol. The molecule has 0 aliphatic heterocycles. The number of rotatable bonds is 5. The van der Waals surface area contributed by atoms with Crippen LogP contribution in [0.15, 0.2) is 47.9 Å². The smallest absolute Gasteiger partial charge is 0.234 e. The third-order valence-corrected chi connectivity index (χ3v) is 4.61. The number of hydrogen-bond donors (Lipinski definition) is 1. The SMILES string of the molecule is Cc1nnc(SCC(=O)Nc2cc(Cl)ccc2Cl)n1-n1cccc1. The predicted octanol–water partition coefficient (Wildman–Crippen LogP) is 3.74. The van der Waals surface area contributed by atoms with Crippen LogP contribution in [-0.4, -0.2) is 31.2 Å². The maximum atomic E-state index is 12.2. The summed E-state index contributed by atoms with van der Waals surface area (Å²) in [4.78, 5) is 12.2. The molecule has 3 rings (SSSR count). The van der Waals surface area contributed by atoms with E-state index >= 15 is 0 Å². The molecule has 1 N–H and O–H groups in total. The van der Waals surface area contributed by atoms with Crippen molar-refractivity contribution in [1.29, 1.82) is 0 Å². The lowest BCUT2D eigenvalue weighted by Gasteiger charge is -2.10. The Morgan fingerprint density at radius 1 is 1.25 bits per heavy atom.